The van der Waals surface area contributed by atoms with E-state index in [1.807, 2.05) is 33.8 Å². The number of carbonyl (C=O) groups excluding carboxylic acids is 2. The van der Waals surface area contributed by atoms with Crippen molar-refractivity contribution in [1.29, 1.82) is 0 Å². The molecule has 0 saturated carbocycles. The lowest BCUT2D eigenvalue weighted by Crippen LogP contribution is -2.32. The maximum Gasteiger partial charge on any atom is 0.265 e. The number of benzene rings is 2. The molecule has 2 aromatic rings. The van der Waals surface area contributed by atoms with Crippen molar-refractivity contribution in [3.8, 4) is 5.75 Å². The smallest absolute Gasteiger partial charge is 0.265 e. The van der Waals surface area contributed by atoms with Gasteiger partial charge in [-0.3, -0.25) is 9.59 Å². The Bertz CT molecular complexity index is 830. The van der Waals surface area contributed by atoms with Gasteiger partial charge in [0.1, 0.15) is 5.75 Å². The number of amides is 2. The van der Waals surface area contributed by atoms with Crippen LogP contribution in [0.2, 0.25) is 0 Å². The van der Waals surface area contributed by atoms with E-state index in [0.717, 1.165) is 23.1 Å². The molecule has 27 heavy (non-hydrogen) atoms. The lowest BCUT2D eigenvalue weighted by molar-refractivity contribution is -0.122. The number of ether oxygens (including phenoxy) is 1. The Morgan fingerprint density at radius 1 is 1.11 bits per heavy atom. The third-order valence-corrected chi connectivity index (χ3v) is 4.40. The van der Waals surface area contributed by atoms with Crippen LogP contribution in [0.3, 0.4) is 0 Å². The van der Waals surface area contributed by atoms with Crippen LogP contribution in [0, 0.1) is 20.8 Å². The zero-order chi connectivity index (χ0) is 20.0. The maximum atomic E-state index is 12.6. The molecule has 2 amide bonds. The number of hydrogen-bond donors (Lipinski definition) is 2. The van der Waals surface area contributed by atoms with Gasteiger partial charge < -0.3 is 15.4 Å². The van der Waals surface area contributed by atoms with Crippen LogP contribution in [0.4, 0.5) is 5.69 Å². The summed E-state index contributed by atoms with van der Waals surface area (Å²) in [7, 11) is 0. The number of para-hydroxylation sites is 1. The molecule has 0 aliphatic heterocycles. The van der Waals surface area contributed by atoms with E-state index in [9.17, 15) is 9.59 Å². The molecule has 0 aliphatic carbocycles. The number of hydrogen-bond acceptors (Lipinski definition) is 3. The maximum absolute atomic E-state index is 12.6. The van der Waals surface area contributed by atoms with Crippen LogP contribution in [-0.4, -0.2) is 24.5 Å². The first kappa shape index (κ1) is 20.5. The molecule has 5 nitrogen and oxygen atoms in total. The van der Waals surface area contributed by atoms with Gasteiger partial charge in [0, 0.05) is 6.54 Å². The minimum Gasteiger partial charge on any atom is -0.481 e. The fraction of sp³-hybridized carbons (Fsp3) is 0.364. The molecule has 0 aromatic heterocycles. The summed E-state index contributed by atoms with van der Waals surface area (Å²) < 4.78 is 5.89. The van der Waals surface area contributed by atoms with E-state index in [-0.39, 0.29) is 11.8 Å². The van der Waals surface area contributed by atoms with Crippen molar-refractivity contribution in [2.45, 2.75) is 47.1 Å². The van der Waals surface area contributed by atoms with Gasteiger partial charge in [-0.2, -0.15) is 0 Å². The summed E-state index contributed by atoms with van der Waals surface area (Å²) >= 11 is 0. The highest BCUT2D eigenvalue weighted by Crippen LogP contribution is 2.25. The third kappa shape index (κ3) is 5.33. The van der Waals surface area contributed by atoms with Crippen molar-refractivity contribution in [3.63, 3.8) is 0 Å². The minimum atomic E-state index is -0.698. The first-order valence-electron chi connectivity index (χ1n) is 9.26. The zero-order valence-corrected chi connectivity index (χ0v) is 16.7. The summed E-state index contributed by atoms with van der Waals surface area (Å²) in [6.45, 7) is 10.3. The highest BCUT2D eigenvalue weighted by atomic mass is 16.5. The molecule has 0 heterocycles. The van der Waals surface area contributed by atoms with Crippen LogP contribution < -0.4 is 15.4 Å². The van der Waals surface area contributed by atoms with E-state index < -0.39 is 6.10 Å². The summed E-state index contributed by atoms with van der Waals surface area (Å²) in [6.07, 6.45) is 0.150. The molecule has 0 unspecified atom stereocenters. The molecular weight excluding hydrogens is 340 g/mol. The van der Waals surface area contributed by atoms with Crippen molar-refractivity contribution in [2.24, 2.45) is 0 Å². The number of rotatable bonds is 7. The fourth-order valence-electron chi connectivity index (χ4n) is 2.73. The molecule has 144 valence electrons. The summed E-state index contributed by atoms with van der Waals surface area (Å²) in [6, 6.07) is 11.0. The third-order valence-electron chi connectivity index (χ3n) is 4.40. The van der Waals surface area contributed by atoms with Crippen LogP contribution in [-0.2, 0) is 4.79 Å². The minimum absolute atomic E-state index is 0.202. The summed E-state index contributed by atoms with van der Waals surface area (Å²) in [5.41, 5.74) is 4.13. The highest BCUT2D eigenvalue weighted by molar-refractivity contribution is 6.04. The molecule has 0 aliphatic rings. The standard InChI is InChI=1S/C22H28N2O3/c1-6-11-23-22(26)18-9-7-8-10-19(18)24-21(25)17(5)27-20-13-14(2)12-15(3)16(20)4/h7-10,12-13,17H,6,11H2,1-5H3,(H,23,26)(H,24,25)/t17-/m0/s1. The molecule has 0 radical (unpaired) electrons. The fourth-order valence-corrected chi connectivity index (χ4v) is 2.73. The normalized spacial score (nSPS) is 11.6. The predicted molar refractivity (Wildman–Crippen MR) is 108 cm³/mol. The topological polar surface area (TPSA) is 67.4 Å². The number of aryl methyl sites for hydroxylation is 2. The lowest BCUT2D eigenvalue weighted by atomic mass is 10.1. The molecular formula is C22H28N2O3. The van der Waals surface area contributed by atoms with Gasteiger partial charge in [0.25, 0.3) is 11.8 Å². The molecule has 2 N–H and O–H groups in total. The number of carbonyl (C=O) groups is 2. The summed E-state index contributed by atoms with van der Waals surface area (Å²) in [5, 5.41) is 5.64. The van der Waals surface area contributed by atoms with Gasteiger partial charge in [-0.15, -0.1) is 0 Å². The van der Waals surface area contributed by atoms with Crippen molar-refractivity contribution in [3.05, 3.63) is 58.7 Å². The average Bonchev–Trinajstić information content (AvgIpc) is 2.64. The zero-order valence-electron chi connectivity index (χ0n) is 16.7. The summed E-state index contributed by atoms with van der Waals surface area (Å²) in [4.78, 5) is 24.9. The second kappa shape index (κ2) is 9.21. The first-order valence-corrected chi connectivity index (χ1v) is 9.26. The molecule has 2 aromatic carbocycles. The monoisotopic (exact) mass is 368 g/mol. The van der Waals surface area contributed by atoms with Crippen molar-refractivity contribution in [2.75, 3.05) is 11.9 Å². The summed E-state index contributed by atoms with van der Waals surface area (Å²) in [5.74, 6) is 0.194. The van der Waals surface area contributed by atoms with E-state index in [1.165, 1.54) is 0 Å². The molecule has 5 heteroatoms. The van der Waals surface area contributed by atoms with E-state index in [1.54, 1.807) is 31.2 Å². The quantitative estimate of drug-likeness (QED) is 0.771. The largest absolute Gasteiger partial charge is 0.481 e. The van der Waals surface area contributed by atoms with Crippen molar-refractivity contribution < 1.29 is 14.3 Å². The van der Waals surface area contributed by atoms with Gasteiger partial charge >= 0.3 is 0 Å². The second-order valence-electron chi connectivity index (χ2n) is 6.76. The SMILES string of the molecule is CCCNC(=O)c1ccccc1NC(=O)[C@H](C)Oc1cc(C)cc(C)c1C. The number of nitrogens with one attached hydrogen (secondary N) is 2. The Kier molecular flexibility index (Phi) is 6.99. The molecule has 0 saturated heterocycles. The van der Waals surface area contributed by atoms with E-state index >= 15 is 0 Å². The molecule has 2 rings (SSSR count). The highest BCUT2D eigenvalue weighted by Gasteiger charge is 2.19. The molecule has 0 spiro atoms. The van der Waals surface area contributed by atoms with Crippen LogP contribution in [0.1, 0.15) is 47.3 Å². The van der Waals surface area contributed by atoms with Gasteiger partial charge in [0.15, 0.2) is 6.10 Å². The van der Waals surface area contributed by atoms with Gasteiger partial charge in [-0.05, 0) is 69.0 Å². The van der Waals surface area contributed by atoms with Gasteiger partial charge in [-0.1, -0.05) is 25.1 Å². The lowest BCUT2D eigenvalue weighted by Gasteiger charge is -2.19. The Morgan fingerprint density at radius 2 is 1.81 bits per heavy atom. The van der Waals surface area contributed by atoms with Gasteiger partial charge in [-0.25, -0.2) is 0 Å². The first-order chi connectivity index (χ1) is 12.8. The van der Waals surface area contributed by atoms with Gasteiger partial charge in [0.05, 0.1) is 11.3 Å². The van der Waals surface area contributed by atoms with Crippen LogP contribution in [0.5, 0.6) is 5.75 Å². The van der Waals surface area contributed by atoms with Crippen molar-refractivity contribution >= 4 is 17.5 Å². The average molecular weight is 368 g/mol. The molecule has 0 bridgehead atoms. The second-order valence-corrected chi connectivity index (χ2v) is 6.76. The van der Waals surface area contributed by atoms with E-state index in [4.69, 9.17) is 4.74 Å². The Morgan fingerprint density at radius 3 is 2.52 bits per heavy atom. The van der Waals surface area contributed by atoms with Crippen LogP contribution in [0.25, 0.3) is 0 Å². The van der Waals surface area contributed by atoms with E-state index in [0.29, 0.717) is 23.5 Å². The molecule has 1 atom stereocenters. The van der Waals surface area contributed by atoms with Gasteiger partial charge in [0.2, 0.25) is 0 Å². The molecule has 0 fully saturated rings. The van der Waals surface area contributed by atoms with Crippen molar-refractivity contribution in [1.82, 2.24) is 5.32 Å². The predicted octanol–water partition coefficient (Wildman–Crippen LogP) is 4.16. The van der Waals surface area contributed by atoms with Crippen LogP contribution in [0.15, 0.2) is 36.4 Å². The Labute approximate surface area is 161 Å². The van der Waals surface area contributed by atoms with Crippen LogP contribution >= 0.6 is 0 Å². The van der Waals surface area contributed by atoms with E-state index in [2.05, 4.69) is 16.7 Å². The number of anilines is 1. The Hall–Kier alpha value is -2.82. The Balaban J connectivity index is 2.12.